The first-order valence-corrected chi connectivity index (χ1v) is 9.96. The summed E-state index contributed by atoms with van der Waals surface area (Å²) in [5.41, 5.74) is 1.58. The number of aromatic nitrogens is 2. The number of aryl methyl sites for hydroxylation is 1. The van der Waals surface area contributed by atoms with Crippen LogP contribution in [0.5, 0.6) is 0 Å². The zero-order valence-corrected chi connectivity index (χ0v) is 16.7. The summed E-state index contributed by atoms with van der Waals surface area (Å²) in [6.07, 6.45) is 1.29. The molecule has 0 aliphatic heterocycles. The summed E-state index contributed by atoms with van der Waals surface area (Å²) in [4.78, 5) is 20.0. The normalized spacial score (nSPS) is 11.7. The third-order valence-corrected chi connectivity index (χ3v) is 5.13. The maximum Gasteiger partial charge on any atom is 0.333 e. The van der Waals surface area contributed by atoms with Gasteiger partial charge in [-0.05, 0) is 48.1 Å². The molecule has 1 aromatic heterocycles. The van der Waals surface area contributed by atoms with Crippen molar-refractivity contribution in [2.45, 2.75) is 51.5 Å². The first-order chi connectivity index (χ1) is 12.5. The first kappa shape index (κ1) is 20.8. The highest BCUT2D eigenvalue weighted by Crippen LogP contribution is 2.33. The van der Waals surface area contributed by atoms with Gasteiger partial charge in [0.1, 0.15) is 11.6 Å². The maximum absolute atomic E-state index is 14.0. The van der Waals surface area contributed by atoms with E-state index in [1.165, 1.54) is 24.4 Å². The van der Waals surface area contributed by atoms with Gasteiger partial charge >= 0.3 is 6.03 Å². The van der Waals surface area contributed by atoms with Gasteiger partial charge in [0.05, 0.1) is 0 Å². The summed E-state index contributed by atoms with van der Waals surface area (Å²) < 4.78 is 40.6. The van der Waals surface area contributed by atoms with Gasteiger partial charge in [-0.1, -0.05) is 27.7 Å². The Morgan fingerprint density at radius 3 is 2.15 bits per heavy atom. The number of urea groups is 1. The minimum atomic E-state index is -4.16. The van der Waals surface area contributed by atoms with Gasteiger partial charge in [0.15, 0.2) is 5.03 Å². The Bertz CT molecular complexity index is 930. The maximum atomic E-state index is 14.0. The lowest BCUT2D eigenvalue weighted by Crippen LogP contribution is -2.35. The molecule has 2 N–H and O–H groups in total. The van der Waals surface area contributed by atoms with Crippen LogP contribution in [0.25, 0.3) is 0 Å². The van der Waals surface area contributed by atoms with E-state index in [4.69, 9.17) is 0 Å². The molecule has 1 aromatic carbocycles. The van der Waals surface area contributed by atoms with E-state index in [-0.39, 0.29) is 22.7 Å². The fourth-order valence-electron chi connectivity index (χ4n) is 2.60. The molecular formula is C18H23FN4O3S. The van der Waals surface area contributed by atoms with E-state index >= 15 is 0 Å². The van der Waals surface area contributed by atoms with Crippen LogP contribution in [0.2, 0.25) is 0 Å². The van der Waals surface area contributed by atoms with Crippen molar-refractivity contribution in [3.63, 3.8) is 0 Å². The van der Waals surface area contributed by atoms with Gasteiger partial charge in [0, 0.05) is 11.9 Å². The Balaban J connectivity index is 2.35. The molecular weight excluding hydrogens is 371 g/mol. The van der Waals surface area contributed by atoms with Crippen LogP contribution in [-0.4, -0.2) is 24.4 Å². The molecule has 0 bridgehead atoms. The summed E-state index contributed by atoms with van der Waals surface area (Å²) in [5.74, 6) is -0.289. The van der Waals surface area contributed by atoms with E-state index < -0.39 is 21.9 Å². The van der Waals surface area contributed by atoms with Crippen molar-refractivity contribution >= 4 is 21.7 Å². The highest BCUT2D eigenvalue weighted by atomic mass is 32.2. The monoisotopic (exact) mass is 394 g/mol. The number of nitrogens with one attached hydrogen (secondary N) is 2. The van der Waals surface area contributed by atoms with Gasteiger partial charge in [-0.15, -0.1) is 0 Å². The number of amides is 2. The third-order valence-electron chi connectivity index (χ3n) is 3.90. The molecule has 27 heavy (non-hydrogen) atoms. The molecule has 0 saturated heterocycles. The zero-order valence-electron chi connectivity index (χ0n) is 15.9. The molecule has 0 unspecified atom stereocenters. The van der Waals surface area contributed by atoms with Gasteiger partial charge in [0.2, 0.25) is 0 Å². The van der Waals surface area contributed by atoms with Crippen molar-refractivity contribution in [2.75, 3.05) is 5.32 Å². The molecule has 7 nitrogen and oxygen atoms in total. The van der Waals surface area contributed by atoms with Gasteiger partial charge in [-0.2, -0.15) is 8.42 Å². The van der Waals surface area contributed by atoms with Crippen molar-refractivity contribution in [3.8, 4) is 0 Å². The van der Waals surface area contributed by atoms with E-state index in [1.54, 1.807) is 6.92 Å². The molecule has 0 spiro atoms. The number of hydrogen-bond donors (Lipinski definition) is 2. The predicted octanol–water partition coefficient (Wildman–Crippen LogP) is 3.68. The minimum absolute atomic E-state index is 0.0744. The summed E-state index contributed by atoms with van der Waals surface area (Å²) in [5, 5.41) is 2.26. The van der Waals surface area contributed by atoms with Gasteiger partial charge < -0.3 is 5.32 Å². The predicted molar refractivity (Wildman–Crippen MR) is 101 cm³/mol. The molecule has 2 aromatic rings. The highest BCUT2D eigenvalue weighted by molar-refractivity contribution is 7.90. The molecule has 146 valence electrons. The number of carbonyl (C=O) groups excluding carboxylic acids is 1. The second-order valence-corrected chi connectivity index (χ2v) is 8.40. The molecule has 0 radical (unpaired) electrons. The largest absolute Gasteiger partial charge is 0.333 e. The van der Waals surface area contributed by atoms with Crippen LogP contribution < -0.4 is 10.0 Å². The van der Waals surface area contributed by atoms with E-state index in [2.05, 4.69) is 15.3 Å². The molecule has 0 fully saturated rings. The smallest absolute Gasteiger partial charge is 0.307 e. The van der Waals surface area contributed by atoms with Crippen molar-refractivity contribution in [3.05, 3.63) is 47.2 Å². The van der Waals surface area contributed by atoms with Crippen LogP contribution in [0.15, 0.2) is 29.4 Å². The number of hydrogen-bond acceptors (Lipinski definition) is 5. The lowest BCUT2D eigenvalue weighted by Gasteiger charge is -2.20. The molecule has 0 aliphatic rings. The zero-order chi connectivity index (χ0) is 20.4. The average molecular weight is 394 g/mol. The van der Waals surface area contributed by atoms with Crippen molar-refractivity contribution in [1.29, 1.82) is 0 Å². The summed E-state index contributed by atoms with van der Waals surface area (Å²) >= 11 is 0. The average Bonchev–Trinajstić information content (AvgIpc) is 2.55. The molecule has 9 heteroatoms. The summed E-state index contributed by atoms with van der Waals surface area (Å²) in [6, 6.07) is 2.93. The summed E-state index contributed by atoms with van der Waals surface area (Å²) in [6.45, 7) is 9.00. The number of carbonyl (C=O) groups is 1. The van der Waals surface area contributed by atoms with Crippen LogP contribution in [0.3, 0.4) is 0 Å². The quantitative estimate of drug-likeness (QED) is 0.754. The lowest BCUT2D eigenvalue weighted by atomic mass is 9.92. The lowest BCUT2D eigenvalue weighted by molar-refractivity contribution is 0.256. The van der Waals surface area contributed by atoms with E-state index in [0.717, 1.165) is 0 Å². The Kier molecular flexibility index (Phi) is 6.15. The Labute approximate surface area is 158 Å². The van der Waals surface area contributed by atoms with Crippen molar-refractivity contribution in [2.24, 2.45) is 0 Å². The Morgan fingerprint density at radius 2 is 1.67 bits per heavy atom. The van der Waals surface area contributed by atoms with Gasteiger partial charge in [0.25, 0.3) is 10.0 Å². The minimum Gasteiger partial charge on any atom is -0.307 e. The fraction of sp³-hybridized carbons (Fsp3) is 0.389. The molecule has 0 atom stereocenters. The second kappa shape index (κ2) is 7.99. The number of anilines is 1. The number of rotatable bonds is 5. The molecule has 0 aliphatic carbocycles. The standard InChI is InChI=1S/C18H23FN4O3S/c1-10(2)14-8-13(19)9-15(11(3)4)17(14)22-18(24)23-27(25,26)16-6-7-20-12(5)21-16/h6-11H,1-5H3,(H2,22,23,24). The molecule has 0 saturated carbocycles. The third kappa shape index (κ3) is 5.00. The molecule has 1 heterocycles. The number of sulfonamides is 1. The number of halogens is 1. The van der Waals surface area contributed by atoms with E-state index in [1.807, 2.05) is 32.4 Å². The first-order valence-electron chi connectivity index (χ1n) is 8.48. The van der Waals surface area contributed by atoms with E-state index in [9.17, 15) is 17.6 Å². The highest BCUT2D eigenvalue weighted by Gasteiger charge is 2.22. The van der Waals surface area contributed by atoms with Crippen LogP contribution in [-0.2, 0) is 10.0 Å². The fourth-order valence-corrected chi connectivity index (χ4v) is 3.49. The van der Waals surface area contributed by atoms with Crippen LogP contribution >= 0.6 is 0 Å². The van der Waals surface area contributed by atoms with Crippen molar-refractivity contribution in [1.82, 2.24) is 14.7 Å². The van der Waals surface area contributed by atoms with Gasteiger partial charge in [-0.25, -0.2) is 23.9 Å². The molecule has 2 rings (SSSR count). The van der Waals surface area contributed by atoms with Gasteiger partial charge in [-0.3, -0.25) is 0 Å². The second-order valence-electron chi connectivity index (χ2n) is 6.77. The molecule has 2 amide bonds. The number of benzene rings is 1. The van der Waals surface area contributed by atoms with Crippen molar-refractivity contribution < 1.29 is 17.6 Å². The van der Waals surface area contributed by atoms with Crippen LogP contribution in [0, 0.1) is 12.7 Å². The van der Waals surface area contributed by atoms with Crippen LogP contribution in [0.4, 0.5) is 14.9 Å². The Hall–Kier alpha value is -2.55. The summed E-state index contributed by atoms with van der Waals surface area (Å²) in [7, 11) is -4.16. The topological polar surface area (TPSA) is 101 Å². The number of nitrogens with zero attached hydrogens (tertiary/aromatic N) is 2. The Morgan fingerprint density at radius 1 is 1.11 bits per heavy atom. The van der Waals surface area contributed by atoms with Crippen LogP contribution in [0.1, 0.15) is 56.5 Å². The SMILES string of the molecule is Cc1nccc(S(=O)(=O)NC(=O)Nc2c(C(C)C)cc(F)cc2C(C)C)n1. The van der Waals surface area contributed by atoms with E-state index in [0.29, 0.717) is 16.8 Å².